The van der Waals surface area contributed by atoms with Crippen LogP contribution < -0.4 is 15.8 Å². The van der Waals surface area contributed by atoms with Crippen molar-refractivity contribution in [1.82, 2.24) is 14.6 Å². The molecule has 53 heavy (non-hydrogen) atoms. The summed E-state index contributed by atoms with van der Waals surface area (Å²) in [4.78, 5) is 38.2. The maximum absolute atomic E-state index is 14.2. The zero-order valence-corrected chi connectivity index (χ0v) is 28.6. The van der Waals surface area contributed by atoms with Gasteiger partial charge in [-0.1, -0.05) is 48.5 Å². The highest BCUT2D eigenvalue weighted by Gasteiger charge is 2.31. The van der Waals surface area contributed by atoms with E-state index in [0.717, 1.165) is 22.3 Å². The van der Waals surface area contributed by atoms with Crippen molar-refractivity contribution in [3.05, 3.63) is 119 Å². The molecule has 1 aromatic heterocycles. The number of nitrogens with two attached hydrogens (primary N) is 1. The molecule has 10 nitrogen and oxygen atoms in total. The Hall–Kier alpha value is -5.80. The van der Waals surface area contributed by atoms with Crippen molar-refractivity contribution in [1.29, 1.82) is 0 Å². The van der Waals surface area contributed by atoms with Crippen LogP contribution in [0.15, 0.2) is 72.8 Å². The Morgan fingerprint density at radius 2 is 1.42 bits per heavy atom. The molecular formula is C38H34F5N5O5. The van der Waals surface area contributed by atoms with E-state index in [1.165, 1.54) is 12.1 Å². The molecule has 0 unspecified atom stereocenters. The lowest BCUT2D eigenvalue weighted by Crippen LogP contribution is -2.41. The summed E-state index contributed by atoms with van der Waals surface area (Å²) >= 11 is 0. The fourth-order valence-electron chi connectivity index (χ4n) is 6.37. The third-order valence-electron chi connectivity index (χ3n) is 9.07. The molecule has 3 N–H and O–H groups in total. The molecule has 5 aromatic rings. The van der Waals surface area contributed by atoms with Crippen molar-refractivity contribution in [3.8, 4) is 16.9 Å². The summed E-state index contributed by atoms with van der Waals surface area (Å²) in [6.45, 7) is 0.166. The van der Waals surface area contributed by atoms with Crippen LogP contribution >= 0.6 is 0 Å². The zero-order chi connectivity index (χ0) is 38.0. The number of carbonyl (C=O) groups excluding carboxylic acids is 3. The van der Waals surface area contributed by atoms with E-state index in [0.29, 0.717) is 22.3 Å². The number of halogens is 5. The van der Waals surface area contributed by atoms with E-state index in [1.54, 1.807) is 40.9 Å². The Balaban J connectivity index is 1.19. The first-order chi connectivity index (χ1) is 25.4. The number of hydrogen-bond acceptors (Lipinski definition) is 7. The van der Waals surface area contributed by atoms with Gasteiger partial charge in [0.1, 0.15) is 6.61 Å². The predicted molar refractivity (Wildman–Crippen MR) is 185 cm³/mol. The van der Waals surface area contributed by atoms with Crippen molar-refractivity contribution in [2.45, 2.75) is 31.8 Å². The number of benzene rings is 4. The number of carbonyl (C=O) groups is 3. The summed E-state index contributed by atoms with van der Waals surface area (Å²) in [6, 6.07) is 22.6. The van der Waals surface area contributed by atoms with E-state index in [2.05, 4.69) is 10.1 Å². The largest absolute Gasteiger partial charge is 0.447 e. The Morgan fingerprint density at radius 1 is 0.811 bits per heavy atom. The van der Waals surface area contributed by atoms with Crippen LogP contribution in [0.4, 0.5) is 32.4 Å². The van der Waals surface area contributed by atoms with Crippen LogP contribution in [0, 0.1) is 29.1 Å². The maximum Gasteiger partial charge on any atom is 0.424 e. The van der Waals surface area contributed by atoms with Crippen LogP contribution in [0.5, 0.6) is 5.75 Å². The molecule has 4 aromatic carbocycles. The minimum atomic E-state index is -2.38. The third-order valence-corrected chi connectivity index (χ3v) is 9.07. The molecule has 1 aliphatic carbocycles. The molecule has 0 fully saturated rings. The van der Waals surface area contributed by atoms with Crippen molar-refractivity contribution < 1.29 is 45.8 Å². The van der Waals surface area contributed by atoms with E-state index in [9.17, 15) is 36.3 Å². The first kappa shape index (κ1) is 37.0. The Labute approximate surface area is 300 Å². The van der Waals surface area contributed by atoms with Crippen LogP contribution in [-0.4, -0.2) is 59.8 Å². The number of hydrogen-bond donors (Lipinski definition) is 2. The van der Waals surface area contributed by atoms with E-state index >= 15 is 0 Å². The quantitative estimate of drug-likeness (QED) is 0.0360. The minimum absolute atomic E-state index is 0.0803. The standard InChI is InChI=1S/C38H34F5N5O5/c1-46(47(2)38(51)52-20-28-26-9-5-3-7-24(26)25-8-4-6-10-27(25)28)19-23-18-21-17-22(45-30(49)13-15-44)11-12-29(21)48(23)16-14-31(50)53-37-35(42)33(40)32(39)34(41)36(37)43/h3-12,17-18,28H,13-16,19-20,44H2,1-2H3,(H,45,49). The molecule has 6 rings (SSSR count). The zero-order valence-electron chi connectivity index (χ0n) is 28.6. The number of anilines is 1. The SMILES string of the molecule is CN(Cc1cc2cc(NC(=O)CCN)ccc2n1CCC(=O)Oc1c(F)c(F)c(F)c(F)c1F)N(C)C(=O)OCC1c2ccccc2-c2ccccc21. The summed E-state index contributed by atoms with van der Waals surface area (Å²) in [5, 5.41) is 6.22. The highest BCUT2D eigenvalue weighted by molar-refractivity contribution is 5.94. The number of nitrogens with one attached hydrogen (secondary N) is 1. The number of esters is 1. The Bertz CT molecular complexity index is 2150. The van der Waals surface area contributed by atoms with Crippen molar-refractivity contribution in [2.24, 2.45) is 5.73 Å². The molecular weight excluding hydrogens is 701 g/mol. The van der Waals surface area contributed by atoms with Crippen molar-refractivity contribution in [2.75, 3.05) is 32.6 Å². The summed E-state index contributed by atoms with van der Waals surface area (Å²) in [7, 11) is 3.16. The molecule has 0 atom stereocenters. The van der Waals surface area contributed by atoms with Gasteiger partial charge in [-0.2, -0.15) is 8.78 Å². The average Bonchev–Trinajstić information content (AvgIpc) is 3.66. The molecule has 0 aliphatic heterocycles. The average molecular weight is 736 g/mol. The highest BCUT2D eigenvalue weighted by atomic mass is 19.2. The number of aromatic nitrogens is 1. The van der Waals surface area contributed by atoms with Crippen LogP contribution in [0.2, 0.25) is 0 Å². The van der Waals surface area contributed by atoms with Crippen LogP contribution in [0.3, 0.4) is 0 Å². The molecule has 1 aliphatic rings. The van der Waals surface area contributed by atoms with E-state index < -0.39 is 53.3 Å². The monoisotopic (exact) mass is 735 g/mol. The summed E-state index contributed by atoms with van der Waals surface area (Å²) < 4.78 is 81.4. The lowest BCUT2D eigenvalue weighted by atomic mass is 9.98. The van der Waals surface area contributed by atoms with Crippen molar-refractivity contribution >= 4 is 34.6 Å². The second-order valence-electron chi connectivity index (χ2n) is 12.4. The summed E-state index contributed by atoms with van der Waals surface area (Å²) in [5.41, 5.74) is 11.3. The van der Waals surface area contributed by atoms with Gasteiger partial charge < -0.3 is 25.1 Å². The molecule has 0 saturated carbocycles. The molecule has 1 heterocycles. The van der Waals surface area contributed by atoms with Crippen molar-refractivity contribution in [3.63, 3.8) is 0 Å². The summed E-state index contributed by atoms with van der Waals surface area (Å²) in [5.74, 6) is -14.8. The number of nitrogens with zero attached hydrogens (tertiary/aromatic N) is 3. The van der Waals surface area contributed by atoms with Gasteiger partial charge >= 0.3 is 12.1 Å². The number of hydrazine groups is 1. The Kier molecular flexibility index (Phi) is 10.8. The summed E-state index contributed by atoms with van der Waals surface area (Å²) in [6.07, 6.45) is -1.08. The molecule has 276 valence electrons. The first-order valence-corrected chi connectivity index (χ1v) is 16.5. The highest BCUT2D eigenvalue weighted by Crippen LogP contribution is 2.44. The van der Waals surface area contributed by atoms with Gasteiger partial charge in [-0.15, -0.1) is 0 Å². The lowest BCUT2D eigenvalue weighted by molar-refractivity contribution is -0.135. The maximum atomic E-state index is 14.2. The second-order valence-corrected chi connectivity index (χ2v) is 12.4. The van der Waals surface area contributed by atoms with E-state index in [4.69, 9.17) is 10.5 Å². The minimum Gasteiger partial charge on any atom is -0.447 e. The third kappa shape index (κ3) is 7.43. The van der Waals surface area contributed by atoms with Gasteiger partial charge in [0.15, 0.2) is 0 Å². The van der Waals surface area contributed by atoms with E-state index in [1.807, 2.05) is 48.5 Å². The normalized spacial score (nSPS) is 12.2. The lowest BCUT2D eigenvalue weighted by Gasteiger charge is -2.28. The molecule has 15 heteroatoms. The van der Waals surface area contributed by atoms with E-state index in [-0.39, 0.29) is 44.5 Å². The van der Waals surface area contributed by atoms with Gasteiger partial charge in [-0.05, 0) is 46.5 Å². The number of aryl methyl sites for hydroxylation is 1. The molecule has 0 spiro atoms. The van der Waals surface area contributed by atoms with Gasteiger partial charge in [0, 0.05) is 61.8 Å². The Morgan fingerprint density at radius 3 is 2.04 bits per heavy atom. The van der Waals surface area contributed by atoms with Crippen LogP contribution in [0.25, 0.3) is 22.0 Å². The number of rotatable bonds is 12. The van der Waals surface area contributed by atoms with Gasteiger partial charge in [0.05, 0.1) is 13.0 Å². The smallest absolute Gasteiger partial charge is 0.424 e. The molecule has 0 saturated heterocycles. The van der Waals surface area contributed by atoms with Crippen LogP contribution in [-0.2, 0) is 27.4 Å². The van der Waals surface area contributed by atoms with Gasteiger partial charge in [0.2, 0.25) is 40.7 Å². The number of ether oxygens (including phenoxy) is 2. The van der Waals surface area contributed by atoms with Gasteiger partial charge in [-0.25, -0.2) is 28.0 Å². The fraction of sp³-hybridized carbons (Fsp3) is 0.237. The molecule has 2 amide bonds. The molecule has 0 radical (unpaired) electrons. The predicted octanol–water partition coefficient (Wildman–Crippen LogP) is 6.85. The van der Waals surface area contributed by atoms with Crippen LogP contribution in [0.1, 0.15) is 35.6 Å². The first-order valence-electron chi connectivity index (χ1n) is 16.5. The second kappa shape index (κ2) is 15.4. The van der Waals surface area contributed by atoms with Gasteiger partial charge in [-0.3, -0.25) is 9.59 Å². The van der Waals surface area contributed by atoms with Gasteiger partial charge in [0.25, 0.3) is 0 Å². The fourth-order valence-corrected chi connectivity index (χ4v) is 6.37. The number of fused-ring (bicyclic) bond motifs is 4. The topological polar surface area (TPSA) is 119 Å². The molecule has 0 bridgehead atoms. The number of amides is 2.